The summed E-state index contributed by atoms with van der Waals surface area (Å²) in [6.45, 7) is 1.82. The van der Waals surface area contributed by atoms with E-state index in [1.165, 1.54) is 5.56 Å². The van der Waals surface area contributed by atoms with Gasteiger partial charge < -0.3 is 24.8 Å². The topological polar surface area (TPSA) is 113 Å². The Kier molecular flexibility index (Phi) is 7.59. The fourth-order valence-electron chi connectivity index (χ4n) is 6.07. The standard InChI is InChI=1S/C26H36O7/c1-2-18(27)6-7-20-21-11-16-4-3-5-24(22(16)12-17(21)13-23(20)28)32-14-26(31)33-19-8-15(9-19)10-25(29)30/h3-5,15,17-21,23,27-28H,2,6-14H2,1H3,(H,29,30)/t15?,17-,18-,19?,20+,21-,23+/m0/s1. The van der Waals surface area contributed by atoms with Crippen LogP contribution in [0.4, 0.5) is 0 Å². The van der Waals surface area contributed by atoms with Crippen LogP contribution < -0.4 is 4.74 Å². The molecule has 0 aromatic heterocycles. The predicted octanol–water partition coefficient (Wildman–Crippen LogP) is 3.12. The van der Waals surface area contributed by atoms with Gasteiger partial charge in [0.25, 0.3) is 0 Å². The molecule has 3 aliphatic carbocycles. The van der Waals surface area contributed by atoms with Crippen LogP contribution >= 0.6 is 0 Å². The second-order valence-corrected chi connectivity index (χ2v) is 10.2. The Labute approximate surface area is 195 Å². The Morgan fingerprint density at radius 3 is 2.70 bits per heavy atom. The molecule has 3 aliphatic rings. The van der Waals surface area contributed by atoms with Gasteiger partial charge in [-0.25, -0.2) is 4.79 Å². The molecule has 3 N–H and O–H groups in total. The summed E-state index contributed by atoms with van der Waals surface area (Å²) in [6, 6.07) is 5.94. The van der Waals surface area contributed by atoms with Crippen LogP contribution in [0, 0.1) is 23.7 Å². The van der Waals surface area contributed by atoms with Crippen LogP contribution in [0.1, 0.15) is 63.0 Å². The fraction of sp³-hybridized carbons (Fsp3) is 0.692. The van der Waals surface area contributed by atoms with Crippen LogP contribution in [0.15, 0.2) is 18.2 Å². The zero-order valence-corrected chi connectivity index (χ0v) is 19.3. The zero-order chi connectivity index (χ0) is 23.5. The molecule has 0 saturated heterocycles. The monoisotopic (exact) mass is 460 g/mol. The fourth-order valence-corrected chi connectivity index (χ4v) is 6.07. The van der Waals surface area contributed by atoms with Gasteiger partial charge in [-0.1, -0.05) is 19.1 Å². The van der Waals surface area contributed by atoms with Gasteiger partial charge in [-0.2, -0.15) is 0 Å². The molecule has 0 radical (unpaired) electrons. The van der Waals surface area contributed by atoms with E-state index in [1.807, 2.05) is 19.1 Å². The van der Waals surface area contributed by atoms with E-state index in [1.54, 1.807) is 0 Å². The van der Waals surface area contributed by atoms with Crippen molar-refractivity contribution in [3.8, 4) is 5.75 Å². The van der Waals surface area contributed by atoms with Crippen molar-refractivity contribution in [1.29, 1.82) is 0 Å². The first-order chi connectivity index (χ1) is 15.8. The zero-order valence-electron chi connectivity index (χ0n) is 19.3. The number of carbonyl (C=O) groups excluding carboxylic acids is 1. The lowest BCUT2D eigenvalue weighted by Gasteiger charge is -2.34. The number of rotatable bonds is 10. The Balaban J connectivity index is 1.31. The van der Waals surface area contributed by atoms with Crippen molar-refractivity contribution in [3.63, 3.8) is 0 Å². The second kappa shape index (κ2) is 10.4. The molecular weight excluding hydrogens is 424 g/mol. The predicted molar refractivity (Wildman–Crippen MR) is 121 cm³/mol. The number of aliphatic hydroxyl groups excluding tert-OH is 2. The Morgan fingerprint density at radius 1 is 1.18 bits per heavy atom. The molecule has 1 aromatic rings. The second-order valence-electron chi connectivity index (χ2n) is 10.2. The summed E-state index contributed by atoms with van der Waals surface area (Å²) >= 11 is 0. The molecule has 2 fully saturated rings. The Morgan fingerprint density at radius 2 is 1.97 bits per heavy atom. The van der Waals surface area contributed by atoms with Crippen molar-refractivity contribution >= 4 is 11.9 Å². The highest BCUT2D eigenvalue weighted by Crippen LogP contribution is 2.48. The minimum Gasteiger partial charge on any atom is -0.482 e. The third kappa shape index (κ3) is 5.69. The smallest absolute Gasteiger partial charge is 0.344 e. The number of benzene rings is 1. The van der Waals surface area contributed by atoms with Crippen molar-refractivity contribution in [2.24, 2.45) is 23.7 Å². The number of ether oxygens (including phenoxy) is 2. The Hall–Kier alpha value is -2.12. The molecule has 33 heavy (non-hydrogen) atoms. The molecule has 182 valence electrons. The first-order valence-electron chi connectivity index (χ1n) is 12.3. The highest BCUT2D eigenvalue weighted by molar-refractivity contribution is 5.71. The third-order valence-electron chi connectivity index (χ3n) is 7.95. The van der Waals surface area contributed by atoms with Crippen molar-refractivity contribution in [2.75, 3.05) is 6.61 Å². The minimum absolute atomic E-state index is 0.0890. The van der Waals surface area contributed by atoms with Gasteiger partial charge in [-0.3, -0.25) is 4.79 Å². The third-order valence-corrected chi connectivity index (χ3v) is 7.95. The molecule has 7 nitrogen and oxygen atoms in total. The van der Waals surface area contributed by atoms with Gasteiger partial charge >= 0.3 is 11.9 Å². The SMILES string of the molecule is CC[C@H](O)CC[C@@H]1[C@H]2Cc3cccc(OCC(=O)OC4CC(CC(=O)O)C4)c3C[C@H]2C[C@H]1O. The van der Waals surface area contributed by atoms with E-state index in [0.29, 0.717) is 30.4 Å². The number of fused-ring (bicyclic) bond motifs is 2. The first-order valence-corrected chi connectivity index (χ1v) is 12.3. The van der Waals surface area contributed by atoms with Gasteiger partial charge in [0.15, 0.2) is 6.61 Å². The molecule has 0 amide bonds. The van der Waals surface area contributed by atoms with Crippen LogP contribution in [0.3, 0.4) is 0 Å². The van der Waals surface area contributed by atoms with Crippen molar-refractivity contribution < 1.29 is 34.4 Å². The van der Waals surface area contributed by atoms with Crippen LogP contribution in [0.2, 0.25) is 0 Å². The lowest BCUT2D eigenvalue weighted by Crippen LogP contribution is -2.35. The number of esters is 1. The van der Waals surface area contributed by atoms with Gasteiger partial charge in [0.2, 0.25) is 0 Å². The molecule has 0 aliphatic heterocycles. The van der Waals surface area contributed by atoms with Gasteiger partial charge in [0.05, 0.1) is 12.2 Å². The minimum atomic E-state index is -0.816. The van der Waals surface area contributed by atoms with E-state index in [0.717, 1.165) is 44.1 Å². The number of carboxylic acid groups (broad SMARTS) is 1. The lowest BCUT2D eigenvalue weighted by molar-refractivity contribution is -0.159. The summed E-state index contributed by atoms with van der Waals surface area (Å²) in [7, 11) is 0. The molecule has 0 spiro atoms. The molecule has 0 heterocycles. The molecule has 2 saturated carbocycles. The van der Waals surface area contributed by atoms with Crippen molar-refractivity contribution in [1.82, 2.24) is 0 Å². The summed E-state index contributed by atoms with van der Waals surface area (Å²) in [5.41, 5.74) is 2.34. The van der Waals surface area contributed by atoms with Crippen LogP contribution in [0.5, 0.6) is 5.75 Å². The molecule has 4 rings (SSSR count). The summed E-state index contributed by atoms with van der Waals surface area (Å²) in [5, 5.41) is 29.5. The van der Waals surface area contributed by atoms with Crippen molar-refractivity contribution in [2.45, 2.75) is 83.0 Å². The molecule has 0 unspecified atom stereocenters. The van der Waals surface area contributed by atoms with Gasteiger partial charge in [-0.05, 0) is 92.2 Å². The van der Waals surface area contributed by atoms with E-state index >= 15 is 0 Å². The lowest BCUT2D eigenvalue weighted by atomic mass is 9.73. The molecule has 7 heteroatoms. The van der Waals surface area contributed by atoms with E-state index in [4.69, 9.17) is 14.6 Å². The number of carboxylic acids is 1. The summed E-state index contributed by atoms with van der Waals surface area (Å²) < 4.78 is 11.3. The maximum atomic E-state index is 12.2. The summed E-state index contributed by atoms with van der Waals surface area (Å²) in [5.74, 6) is 0.570. The first kappa shape index (κ1) is 24.0. The van der Waals surface area contributed by atoms with Crippen LogP contribution in [-0.2, 0) is 27.2 Å². The average Bonchev–Trinajstić information content (AvgIpc) is 3.06. The van der Waals surface area contributed by atoms with Crippen molar-refractivity contribution in [3.05, 3.63) is 29.3 Å². The highest BCUT2D eigenvalue weighted by Gasteiger charge is 2.45. The Bertz CT molecular complexity index is 847. The summed E-state index contributed by atoms with van der Waals surface area (Å²) in [4.78, 5) is 23.0. The van der Waals surface area contributed by atoms with Gasteiger partial charge in [-0.15, -0.1) is 0 Å². The number of aliphatic carboxylic acids is 1. The van der Waals surface area contributed by atoms with Gasteiger partial charge in [0, 0.05) is 6.42 Å². The number of hydrogen-bond donors (Lipinski definition) is 3. The van der Waals surface area contributed by atoms with E-state index in [9.17, 15) is 19.8 Å². The molecule has 1 aromatic carbocycles. The number of aliphatic hydroxyl groups is 2. The van der Waals surface area contributed by atoms with E-state index in [-0.39, 0.29) is 43.2 Å². The highest BCUT2D eigenvalue weighted by atomic mass is 16.6. The van der Waals surface area contributed by atoms with E-state index < -0.39 is 11.9 Å². The maximum absolute atomic E-state index is 12.2. The normalized spacial score (nSPS) is 31.1. The molecule has 0 bridgehead atoms. The largest absolute Gasteiger partial charge is 0.482 e. The maximum Gasteiger partial charge on any atom is 0.344 e. The average molecular weight is 461 g/mol. The number of carbonyl (C=O) groups is 2. The van der Waals surface area contributed by atoms with Gasteiger partial charge in [0.1, 0.15) is 11.9 Å². The summed E-state index contributed by atoms with van der Waals surface area (Å²) in [6.07, 6.45) is 5.30. The quantitative estimate of drug-likeness (QED) is 0.460. The van der Waals surface area contributed by atoms with Crippen LogP contribution in [0.25, 0.3) is 0 Å². The van der Waals surface area contributed by atoms with Crippen LogP contribution in [-0.4, -0.2) is 52.2 Å². The molecular formula is C26H36O7. The molecule has 5 atom stereocenters. The number of hydrogen-bond acceptors (Lipinski definition) is 6. The van der Waals surface area contributed by atoms with E-state index in [2.05, 4.69) is 6.07 Å².